The SMILES string of the molecule is c1ccc(-c2nc(-c3ccccc3)nc(-n3c4ccccc4c4cc5c(cc43)-c3ccccc3[Si]3(c4ccccc4-5)c4ccccc4-c4cc5c6ccccc6n(-c6nc(-c7ccccc7)nc(-c7ccccc7)n6)c5cc4-c4ccccc43)n2)cc1. The number of hydrogen-bond acceptors (Lipinski definition) is 6. The van der Waals surface area contributed by atoms with Crippen molar-refractivity contribution in [2.75, 3.05) is 0 Å². The Bertz CT molecular complexity index is 5010. The summed E-state index contributed by atoms with van der Waals surface area (Å²) in [4.78, 5) is 31.7. The molecule has 4 aromatic heterocycles. The Morgan fingerprint density at radius 2 is 0.471 bits per heavy atom. The van der Waals surface area contributed by atoms with Crippen LogP contribution in [0.2, 0.25) is 0 Å². The third-order valence-electron chi connectivity index (χ3n) is 17.9. The molecule has 404 valence electrons. The predicted octanol–water partition coefficient (Wildman–Crippen LogP) is 15.6. The van der Waals surface area contributed by atoms with Crippen LogP contribution in [-0.4, -0.2) is 47.1 Å². The maximum absolute atomic E-state index is 5.36. The molecule has 0 amide bonds. The maximum Gasteiger partial charge on any atom is 0.238 e. The van der Waals surface area contributed by atoms with E-state index in [2.05, 4.69) is 228 Å². The number of nitrogens with zero attached hydrogens (tertiary/aromatic N) is 8. The third kappa shape index (κ3) is 7.36. The van der Waals surface area contributed by atoms with Crippen LogP contribution in [0.3, 0.4) is 0 Å². The first kappa shape index (κ1) is 49.0. The van der Waals surface area contributed by atoms with Crippen molar-refractivity contribution in [3.63, 3.8) is 0 Å². The Morgan fingerprint density at radius 3 is 0.793 bits per heavy atom. The lowest BCUT2D eigenvalue weighted by molar-refractivity contribution is 0.953. The van der Waals surface area contributed by atoms with Gasteiger partial charge in [0, 0.05) is 43.8 Å². The highest BCUT2D eigenvalue weighted by Crippen LogP contribution is 2.47. The molecule has 87 heavy (non-hydrogen) atoms. The molecule has 9 heteroatoms. The summed E-state index contributed by atoms with van der Waals surface area (Å²) < 4.78 is 4.52. The molecule has 0 fully saturated rings. The molecular weight excluding hydrogens is 1080 g/mol. The first-order valence-corrected chi connectivity index (χ1v) is 31.4. The Labute approximate surface area is 501 Å². The van der Waals surface area contributed by atoms with Gasteiger partial charge in [0.2, 0.25) is 11.9 Å². The van der Waals surface area contributed by atoms with Gasteiger partial charge in [-0.3, -0.25) is 9.13 Å². The van der Waals surface area contributed by atoms with Crippen LogP contribution in [0.4, 0.5) is 0 Å². The van der Waals surface area contributed by atoms with E-state index in [0.717, 1.165) is 77.0 Å². The lowest BCUT2D eigenvalue weighted by Crippen LogP contribution is -2.75. The molecule has 0 radical (unpaired) electrons. The van der Waals surface area contributed by atoms with E-state index in [4.69, 9.17) is 29.9 Å². The summed E-state index contributed by atoms with van der Waals surface area (Å²) in [5.74, 6) is 3.57. The number of benzene rings is 12. The summed E-state index contributed by atoms with van der Waals surface area (Å²) in [6.07, 6.45) is 0. The molecule has 6 heterocycles. The van der Waals surface area contributed by atoms with E-state index in [0.29, 0.717) is 35.2 Å². The number of aromatic nitrogens is 8. The summed E-state index contributed by atoms with van der Waals surface area (Å²) in [5, 5.41) is 9.83. The van der Waals surface area contributed by atoms with Crippen molar-refractivity contribution in [3.05, 3.63) is 291 Å². The molecule has 16 aromatic rings. The van der Waals surface area contributed by atoms with E-state index in [9.17, 15) is 0 Å². The molecule has 0 N–H and O–H groups in total. The largest absolute Gasteiger partial charge is 0.278 e. The fourth-order valence-corrected chi connectivity index (χ4v) is 19.8. The van der Waals surface area contributed by atoms with Crippen molar-refractivity contribution < 1.29 is 0 Å². The average Bonchev–Trinajstić information content (AvgIpc) is 1.58. The Hall–Kier alpha value is -11.5. The fraction of sp³-hybridized carbons (Fsp3) is 0. The molecule has 18 rings (SSSR count). The highest BCUT2D eigenvalue weighted by atomic mass is 28.3. The second-order valence-corrected chi connectivity index (χ2v) is 26.2. The lowest BCUT2D eigenvalue weighted by Gasteiger charge is -2.37. The summed E-state index contributed by atoms with van der Waals surface area (Å²) in [6.45, 7) is 0. The maximum atomic E-state index is 5.36. The molecule has 12 aromatic carbocycles. The van der Waals surface area contributed by atoms with Gasteiger partial charge in [-0.15, -0.1) is 0 Å². The fourth-order valence-electron chi connectivity index (χ4n) is 14.2. The molecule has 0 atom stereocenters. The van der Waals surface area contributed by atoms with Gasteiger partial charge >= 0.3 is 0 Å². The van der Waals surface area contributed by atoms with Crippen LogP contribution in [0, 0.1) is 0 Å². The highest BCUT2D eigenvalue weighted by molar-refractivity contribution is 7.22. The van der Waals surface area contributed by atoms with Crippen molar-refractivity contribution in [1.29, 1.82) is 0 Å². The number of hydrogen-bond donors (Lipinski definition) is 0. The molecule has 2 aliphatic heterocycles. The van der Waals surface area contributed by atoms with Gasteiger partial charge in [-0.25, -0.2) is 9.97 Å². The monoisotopic (exact) mass is 1120 g/mol. The highest BCUT2D eigenvalue weighted by Gasteiger charge is 2.50. The molecule has 0 aliphatic carbocycles. The van der Waals surface area contributed by atoms with Crippen molar-refractivity contribution in [2.24, 2.45) is 0 Å². The molecular formula is C78H48N8Si. The van der Waals surface area contributed by atoms with Crippen molar-refractivity contribution >= 4 is 72.4 Å². The predicted molar refractivity (Wildman–Crippen MR) is 356 cm³/mol. The van der Waals surface area contributed by atoms with Gasteiger partial charge in [0.25, 0.3) is 0 Å². The van der Waals surface area contributed by atoms with E-state index < -0.39 is 8.07 Å². The zero-order valence-corrected chi connectivity index (χ0v) is 47.8. The van der Waals surface area contributed by atoms with Gasteiger partial charge in [0.05, 0.1) is 22.1 Å². The van der Waals surface area contributed by atoms with E-state index in [1.165, 1.54) is 54.1 Å². The first-order chi connectivity index (χ1) is 43.2. The number of rotatable bonds is 6. The van der Waals surface area contributed by atoms with Crippen LogP contribution in [0.15, 0.2) is 291 Å². The van der Waals surface area contributed by atoms with Gasteiger partial charge in [0.15, 0.2) is 31.4 Å². The van der Waals surface area contributed by atoms with Crippen molar-refractivity contribution in [1.82, 2.24) is 39.0 Å². The minimum atomic E-state index is -3.38. The van der Waals surface area contributed by atoms with Gasteiger partial charge in [-0.2, -0.15) is 19.9 Å². The first-order valence-electron chi connectivity index (χ1n) is 29.4. The second-order valence-electron chi connectivity index (χ2n) is 22.5. The lowest BCUT2D eigenvalue weighted by atomic mass is 9.92. The van der Waals surface area contributed by atoms with Crippen LogP contribution < -0.4 is 20.7 Å². The molecule has 0 unspecified atom stereocenters. The molecule has 8 nitrogen and oxygen atoms in total. The second kappa shape index (κ2) is 19.3. The normalized spacial score (nSPS) is 12.7. The van der Waals surface area contributed by atoms with Crippen molar-refractivity contribution in [2.45, 2.75) is 0 Å². The molecule has 2 aliphatic rings. The summed E-state index contributed by atoms with van der Waals surface area (Å²) in [7, 11) is -3.38. The Balaban J connectivity index is 0.911. The summed E-state index contributed by atoms with van der Waals surface area (Å²) >= 11 is 0. The van der Waals surface area contributed by atoms with E-state index in [1.54, 1.807) is 0 Å². The molecule has 0 saturated carbocycles. The van der Waals surface area contributed by atoms with Gasteiger partial charge < -0.3 is 0 Å². The quantitative estimate of drug-likeness (QED) is 0.154. The van der Waals surface area contributed by atoms with E-state index >= 15 is 0 Å². The number of para-hydroxylation sites is 2. The third-order valence-corrected chi connectivity index (χ3v) is 22.9. The minimum Gasteiger partial charge on any atom is -0.278 e. The molecule has 0 saturated heterocycles. The Morgan fingerprint density at radius 1 is 0.207 bits per heavy atom. The van der Waals surface area contributed by atoms with Crippen LogP contribution in [0.25, 0.3) is 146 Å². The zero-order chi connectivity index (χ0) is 57.2. The van der Waals surface area contributed by atoms with Crippen molar-refractivity contribution in [3.8, 4) is 102 Å². The molecule has 1 spiro atoms. The number of fused-ring (bicyclic) bond motifs is 20. The van der Waals surface area contributed by atoms with Crippen LogP contribution >= 0.6 is 0 Å². The van der Waals surface area contributed by atoms with E-state index in [-0.39, 0.29) is 0 Å². The van der Waals surface area contributed by atoms with Crippen LogP contribution in [0.5, 0.6) is 0 Å². The van der Waals surface area contributed by atoms with Gasteiger partial charge in [0.1, 0.15) is 0 Å². The Kier molecular flexibility index (Phi) is 10.8. The molecule has 0 bridgehead atoms. The minimum absolute atomic E-state index is 0.559. The summed E-state index contributed by atoms with van der Waals surface area (Å²) in [6, 6.07) is 105. The smallest absolute Gasteiger partial charge is 0.238 e. The topological polar surface area (TPSA) is 87.2 Å². The zero-order valence-electron chi connectivity index (χ0n) is 46.8. The summed E-state index contributed by atoms with van der Waals surface area (Å²) in [5.41, 5.74) is 17.3. The van der Waals surface area contributed by atoms with Crippen LogP contribution in [-0.2, 0) is 0 Å². The van der Waals surface area contributed by atoms with Gasteiger partial charge in [-0.1, -0.05) is 255 Å². The average molecular weight is 1130 g/mol. The van der Waals surface area contributed by atoms with E-state index in [1.807, 2.05) is 72.8 Å². The standard InChI is InChI=1S/C78H48N8Si/c1-5-25-49(26-6-1)73-79-74(50-27-7-2-8-28-50)82-77(81-73)85-65-39-19-13-33-53(65)63-45-59-55-35-15-21-41-69(55)87(71-43-23-17-37-57(71)61(59)47-67(63)85)70-42-22-16-36-56(70)60-46-64-54-34-14-20-40-66(54)86(68(64)48-62(60)58-38-18-24-44-72(58)87)78-83-75(51-29-9-3-10-30-51)80-76(84-78)52-31-11-4-12-32-52/h1-48H. The van der Waals surface area contributed by atoms with Crippen LogP contribution in [0.1, 0.15) is 0 Å². The van der Waals surface area contributed by atoms with Gasteiger partial charge in [-0.05, 0) is 102 Å².